The number of para-hydroxylation sites is 1. The predicted molar refractivity (Wildman–Crippen MR) is 101 cm³/mol. The van der Waals surface area contributed by atoms with Crippen LogP contribution in [0.2, 0.25) is 5.02 Å². The minimum atomic E-state index is 0.430. The van der Waals surface area contributed by atoms with Gasteiger partial charge in [0.15, 0.2) is 0 Å². The molecule has 3 aliphatic heterocycles. The number of hydrogen-bond donors (Lipinski definition) is 2. The van der Waals surface area contributed by atoms with Gasteiger partial charge in [0.2, 0.25) is 5.95 Å². The summed E-state index contributed by atoms with van der Waals surface area (Å²) < 4.78 is 0. The Bertz CT molecular complexity index is 913. The van der Waals surface area contributed by atoms with Crippen molar-refractivity contribution in [3.63, 3.8) is 0 Å². The first-order chi connectivity index (χ1) is 12.3. The zero-order valence-corrected chi connectivity index (χ0v) is 14.6. The van der Waals surface area contributed by atoms with E-state index in [4.69, 9.17) is 16.6 Å². The maximum Gasteiger partial charge on any atom is 0.223 e. The number of nitrogens with one attached hydrogen (secondary N) is 2. The van der Waals surface area contributed by atoms with Gasteiger partial charge in [-0.3, -0.25) is 0 Å². The van der Waals surface area contributed by atoms with Crippen LogP contribution in [0.15, 0.2) is 36.7 Å². The molecule has 3 saturated heterocycles. The number of piperidine rings is 3. The molecule has 5 nitrogen and oxygen atoms in total. The van der Waals surface area contributed by atoms with Crippen LogP contribution in [0.4, 0.5) is 5.95 Å². The van der Waals surface area contributed by atoms with Crippen molar-refractivity contribution in [3.05, 3.63) is 41.7 Å². The molecule has 0 aliphatic carbocycles. The van der Waals surface area contributed by atoms with Crippen molar-refractivity contribution in [2.75, 3.05) is 25.0 Å². The monoisotopic (exact) mass is 353 g/mol. The van der Waals surface area contributed by atoms with Gasteiger partial charge in [0.05, 0.1) is 16.9 Å². The van der Waals surface area contributed by atoms with Gasteiger partial charge in [0.1, 0.15) is 0 Å². The fourth-order valence-electron chi connectivity index (χ4n) is 4.19. The summed E-state index contributed by atoms with van der Waals surface area (Å²) in [4.78, 5) is 15.0. The lowest BCUT2D eigenvalue weighted by Crippen LogP contribution is -2.53. The quantitative estimate of drug-likeness (QED) is 0.752. The molecular weight excluding hydrogens is 334 g/mol. The third kappa shape index (κ3) is 2.68. The van der Waals surface area contributed by atoms with Crippen LogP contribution in [0.25, 0.3) is 22.2 Å². The lowest BCUT2D eigenvalue weighted by atomic mass is 9.84. The Morgan fingerprint density at radius 1 is 1.20 bits per heavy atom. The minimum Gasteiger partial charge on any atom is -0.360 e. The Labute approximate surface area is 151 Å². The van der Waals surface area contributed by atoms with Gasteiger partial charge in [-0.05, 0) is 37.9 Å². The summed E-state index contributed by atoms with van der Waals surface area (Å²) in [5.74, 6) is 1.39. The van der Waals surface area contributed by atoms with Crippen molar-refractivity contribution < 1.29 is 0 Å². The number of nitrogens with zero attached hydrogens (tertiary/aromatic N) is 3. The average Bonchev–Trinajstić information content (AvgIpc) is 3.08. The van der Waals surface area contributed by atoms with E-state index >= 15 is 0 Å². The van der Waals surface area contributed by atoms with Gasteiger partial charge in [-0.2, -0.15) is 0 Å². The lowest BCUT2D eigenvalue weighted by Gasteiger charge is -2.44. The van der Waals surface area contributed by atoms with Gasteiger partial charge in [0.25, 0.3) is 0 Å². The highest BCUT2D eigenvalue weighted by Gasteiger charge is 2.34. The van der Waals surface area contributed by atoms with Crippen LogP contribution in [0.3, 0.4) is 0 Å². The Hall–Kier alpha value is -2.11. The van der Waals surface area contributed by atoms with Crippen molar-refractivity contribution in [1.82, 2.24) is 19.9 Å². The summed E-state index contributed by atoms with van der Waals surface area (Å²) in [6, 6.07) is 8.62. The molecular formula is C19H20ClN5. The summed E-state index contributed by atoms with van der Waals surface area (Å²) in [6.07, 6.45) is 6.20. The van der Waals surface area contributed by atoms with E-state index in [0.717, 1.165) is 34.6 Å². The van der Waals surface area contributed by atoms with Crippen molar-refractivity contribution in [2.45, 2.75) is 18.9 Å². The van der Waals surface area contributed by atoms with Gasteiger partial charge in [-0.15, -0.1) is 0 Å². The average molecular weight is 354 g/mol. The normalized spacial score (nSPS) is 25.4. The Morgan fingerprint density at radius 3 is 2.84 bits per heavy atom. The van der Waals surface area contributed by atoms with Gasteiger partial charge in [-0.1, -0.05) is 29.8 Å². The summed E-state index contributed by atoms with van der Waals surface area (Å²) >= 11 is 6.42. The van der Waals surface area contributed by atoms with Crippen molar-refractivity contribution in [3.8, 4) is 11.3 Å². The van der Waals surface area contributed by atoms with Crippen molar-refractivity contribution >= 4 is 28.5 Å². The highest BCUT2D eigenvalue weighted by molar-refractivity contribution is 6.33. The van der Waals surface area contributed by atoms with E-state index in [-0.39, 0.29) is 0 Å². The fraction of sp³-hybridized carbons (Fsp3) is 0.368. The summed E-state index contributed by atoms with van der Waals surface area (Å²) in [5.41, 5.74) is 2.87. The molecule has 25 heavy (non-hydrogen) atoms. The molecule has 0 saturated carbocycles. The smallest absolute Gasteiger partial charge is 0.223 e. The largest absolute Gasteiger partial charge is 0.360 e. The van der Waals surface area contributed by atoms with Gasteiger partial charge in [-0.25, -0.2) is 9.97 Å². The van der Waals surface area contributed by atoms with E-state index in [1.54, 1.807) is 6.20 Å². The fourth-order valence-corrected chi connectivity index (χ4v) is 4.38. The number of anilines is 1. The molecule has 0 spiro atoms. The first-order valence-corrected chi connectivity index (χ1v) is 9.23. The van der Waals surface area contributed by atoms with E-state index in [2.05, 4.69) is 32.3 Å². The second kappa shape index (κ2) is 6.00. The number of benzene rings is 1. The maximum atomic E-state index is 6.42. The Kier molecular flexibility index (Phi) is 3.64. The number of halogens is 1. The second-order valence-electron chi connectivity index (χ2n) is 7.03. The molecule has 1 atom stereocenters. The van der Waals surface area contributed by atoms with Crippen LogP contribution in [0.1, 0.15) is 12.8 Å². The number of hydrogen-bond acceptors (Lipinski definition) is 4. The number of H-pyrrole nitrogens is 1. The Balaban J connectivity index is 1.48. The molecule has 128 valence electrons. The highest BCUT2D eigenvalue weighted by atomic mass is 35.5. The predicted octanol–water partition coefficient (Wildman–Crippen LogP) is 3.78. The van der Waals surface area contributed by atoms with E-state index in [1.807, 2.05) is 18.3 Å². The van der Waals surface area contributed by atoms with Crippen LogP contribution in [-0.2, 0) is 0 Å². The molecule has 3 fully saturated rings. The number of rotatable bonds is 3. The molecule has 2 aromatic heterocycles. The van der Waals surface area contributed by atoms with Gasteiger partial charge in [0, 0.05) is 35.2 Å². The van der Waals surface area contributed by atoms with Crippen LogP contribution >= 0.6 is 11.6 Å². The van der Waals surface area contributed by atoms with Gasteiger partial charge >= 0.3 is 0 Å². The van der Waals surface area contributed by atoms with Crippen molar-refractivity contribution in [1.29, 1.82) is 0 Å². The van der Waals surface area contributed by atoms with E-state index < -0.39 is 0 Å². The van der Waals surface area contributed by atoms with Crippen LogP contribution in [0.5, 0.6) is 0 Å². The molecule has 0 amide bonds. The standard InChI is InChI=1S/C19H20ClN5/c20-15-10-22-19(23-17-11-25-7-5-12(17)6-8-25)24-18(15)14-9-21-16-4-2-1-3-13(14)16/h1-4,9-10,12,17,21H,5-8,11H2,(H,22,23,24)/t17-/m0/s1. The molecule has 1 aromatic carbocycles. The first-order valence-electron chi connectivity index (χ1n) is 8.86. The second-order valence-corrected chi connectivity index (χ2v) is 7.43. The van der Waals surface area contributed by atoms with Crippen molar-refractivity contribution in [2.24, 2.45) is 5.92 Å². The molecule has 0 radical (unpaired) electrons. The first kappa shape index (κ1) is 15.2. The van der Waals surface area contributed by atoms with E-state index in [9.17, 15) is 0 Å². The lowest BCUT2D eigenvalue weighted by molar-refractivity contribution is 0.0972. The SMILES string of the molecule is Clc1cnc(N[C@H]2CN3CCC2CC3)nc1-c1c[nH]c2ccccc12. The zero-order chi connectivity index (χ0) is 16.8. The highest BCUT2D eigenvalue weighted by Crippen LogP contribution is 2.33. The maximum absolute atomic E-state index is 6.42. The number of fused-ring (bicyclic) bond motifs is 4. The molecule has 2 N–H and O–H groups in total. The molecule has 6 rings (SSSR count). The van der Waals surface area contributed by atoms with Crippen LogP contribution < -0.4 is 5.32 Å². The van der Waals surface area contributed by atoms with E-state index in [1.165, 1.54) is 25.9 Å². The topological polar surface area (TPSA) is 56.8 Å². The molecule has 3 aliphatic rings. The van der Waals surface area contributed by atoms with Crippen LogP contribution in [-0.4, -0.2) is 45.5 Å². The number of aromatic amines is 1. The molecule has 3 aromatic rings. The Morgan fingerprint density at radius 2 is 2.04 bits per heavy atom. The van der Waals surface area contributed by atoms with Crippen LogP contribution in [0, 0.1) is 5.92 Å². The molecule has 0 unspecified atom stereocenters. The molecule has 5 heterocycles. The third-order valence-corrected chi connectivity index (χ3v) is 5.84. The number of aromatic nitrogens is 3. The van der Waals surface area contributed by atoms with Gasteiger partial charge < -0.3 is 15.2 Å². The minimum absolute atomic E-state index is 0.430. The molecule has 2 bridgehead atoms. The molecule has 6 heteroatoms. The summed E-state index contributed by atoms with van der Waals surface area (Å²) in [7, 11) is 0. The zero-order valence-electron chi connectivity index (χ0n) is 13.9. The third-order valence-electron chi connectivity index (χ3n) is 5.56. The summed E-state index contributed by atoms with van der Waals surface area (Å²) in [5, 5.41) is 5.25. The summed E-state index contributed by atoms with van der Waals surface area (Å²) in [6.45, 7) is 3.54. The van der Waals surface area contributed by atoms with E-state index in [0.29, 0.717) is 17.0 Å².